The van der Waals surface area contributed by atoms with Gasteiger partial charge in [-0.2, -0.15) is 0 Å². The highest BCUT2D eigenvalue weighted by Gasteiger charge is 2.40. The molecule has 0 unspecified atom stereocenters. The van der Waals surface area contributed by atoms with Crippen LogP contribution in [0.1, 0.15) is 44.9 Å². The summed E-state index contributed by atoms with van der Waals surface area (Å²) in [6.45, 7) is 1.46. The number of carboxylic acids is 1. The molecule has 1 heterocycles. The van der Waals surface area contributed by atoms with E-state index in [1.165, 1.54) is 32.1 Å². The summed E-state index contributed by atoms with van der Waals surface area (Å²) in [4.78, 5) is 13.3. The number of nitrogens with zero attached hydrogens (tertiary/aromatic N) is 1. The Balaban J connectivity index is 1.87. The van der Waals surface area contributed by atoms with Gasteiger partial charge in [0.25, 0.3) is 0 Å². The van der Waals surface area contributed by atoms with Crippen molar-refractivity contribution in [3.63, 3.8) is 0 Å². The molecule has 4 nitrogen and oxygen atoms in total. The van der Waals surface area contributed by atoms with E-state index in [0.29, 0.717) is 18.9 Å². The molecule has 2 N–H and O–H groups in total. The Kier molecular flexibility index (Phi) is 3.50. The Bertz CT molecular complexity index is 253. The molecule has 0 aromatic rings. The van der Waals surface area contributed by atoms with Crippen LogP contribution in [0, 0.1) is 0 Å². The van der Waals surface area contributed by atoms with Gasteiger partial charge in [-0.05, 0) is 25.7 Å². The summed E-state index contributed by atoms with van der Waals surface area (Å²) < 4.78 is 0. The minimum atomic E-state index is -1.47. The van der Waals surface area contributed by atoms with Crippen LogP contribution in [-0.4, -0.2) is 45.8 Å². The van der Waals surface area contributed by atoms with Crippen LogP contribution in [0.3, 0.4) is 0 Å². The van der Waals surface area contributed by atoms with Gasteiger partial charge in [0.2, 0.25) is 0 Å². The van der Waals surface area contributed by atoms with Crippen LogP contribution in [0.25, 0.3) is 0 Å². The molecule has 1 saturated heterocycles. The van der Waals surface area contributed by atoms with Crippen molar-refractivity contribution in [3.05, 3.63) is 0 Å². The van der Waals surface area contributed by atoms with Crippen molar-refractivity contribution in [1.29, 1.82) is 0 Å². The Hall–Kier alpha value is -0.610. The predicted molar refractivity (Wildman–Crippen MR) is 60.3 cm³/mol. The molecule has 92 valence electrons. The molecule has 2 fully saturated rings. The highest BCUT2D eigenvalue weighted by Crippen LogP contribution is 2.28. The zero-order valence-electron chi connectivity index (χ0n) is 9.69. The minimum absolute atomic E-state index is 0.374. The van der Waals surface area contributed by atoms with Crippen LogP contribution >= 0.6 is 0 Å². The zero-order valence-corrected chi connectivity index (χ0v) is 9.69. The number of likely N-dealkylation sites (tertiary alicyclic amines) is 1. The van der Waals surface area contributed by atoms with Crippen LogP contribution < -0.4 is 0 Å². The van der Waals surface area contributed by atoms with Crippen molar-refractivity contribution in [2.75, 3.05) is 13.1 Å². The maximum Gasteiger partial charge on any atom is 0.335 e. The number of piperidine rings is 1. The number of rotatable bonds is 2. The lowest BCUT2D eigenvalue weighted by atomic mass is 9.88. The number of hydrogen-bond donors (Lipinski definition) is 2. The fourth-order valence-electron chi connectivity index (χ4n) is 2.92. The van der Waals surface area contributed by atoms with Gasteiger partial charge >= 0.3 is 5.97 Å². The smallest absolute Gasteiger partial charge is 0.335 e. The maximum absolute atomic E-state index is 10.9. The first-order valence-corrected chi connectivity index (χ1v) is 6.32. The number of carbonyl (C=O) groups is 1. The second-order valence-corrected chi connectivity index (χ2v) is 5.16. The quantitative estimate of drug-likeness (QED) is 0.745. The van der Waals surface area contributed by atoms with E-state index in [0.717, 1.165) is 13.1 Å². The van der Waals surface area contributed by atoms with Gasteiger partial charge in [0.15, 0.2) is 5.60 Å². The molecule has 4 heteroatoms. The van der Waals surface area contributed by atoms with Gasteiger partial charge in [-0.1, -0.05) is 19.3 Å². The lowest BCUT2D eigenvalue weighted by Gasteiger charge is -2.41. The molecule has 1 saturated carbocycles. The third kappa shape index (κ3) is 2.38. The van der Waals surface area contributed by atoms with Gasteiger partial charge in [-0.3, -0.25) is 0 Å². The zero-order chi connectivity index (χ0) is 11.6. The van der Waals surface area contributed by atoms with Crippen LogP contribution in [0.5, 0.6) is 0 Å². The lowest BCUT2D eigenvalue weighted by Crippen LogP contribution is -2.52. The average Bonchev–Trinajstić information content (AvgIpc) is 2.31. The summed E-state index contributed by atoms with van der Waals surface area (Å²) in [5.41, 5.74) is -1.47. The Morgan fingerprint density at radius 1 is 1.12 bits per heavy atom. The van der Waals surface area contributed by atoms with Gasteiger partial charge in [0.05, 0.1) is 0 Å². The van der Waals surface area contributed by atoms with E-state index in [1.54, 1.807) is 0 Å². The molecule has 0 atom stereocenters. The van der Waals surface area contributed by atoms with Gasteiger partial charge < -0.3 is 15.1 Å². The first-order chi connectivity index (χ1) is 7.62. The van der Waals surface area contributed by atoms with Crippen molar-refractivity contribution < 1.29 is 15.0 Å². The molecule has 16 heavy (non-hydrogen) atoms. The van der Waals surface area contributed by atoms with Gasteiger partial charge in [0, 0.05) is 19.1 Å². The molecule has 0 aromatic heterocycles. The topological polar surface area (TPSA) is 60.8 Å². The second-order valence-electron chi connectivity index (χ2n) is 5.16. The third-order valence-corrected chi connectivity index (χ3v) is 4.11. The predicted octanol–water partition coefficient (Wildman–Crippen LogP) is 1.23. The SMILES string of the molecule is O=C(O)C1(O)CCN(C2CCCCC2)CC1. The first-order valence-electron chi connectivity index (χ1n) is 6.32. The molecule has 1 aliphatic heterocycles. The van der Waals surface area contributed by atoms with E-state index >= 15 is 0 Å². The highest BCUT2D eigenvalue weighted by molar-refractivity contribution is 5.77. The minimum Gasteiger partial charge on any atom is -0.479 e. The molecule has 0 spiro atoms. The van der Waals surface area contributed by atoms with Crippen molar-refractivity contribution in [2.24, 2.45) is 0 Å². The largest absolute Gasteiger partial charge is 0.479 e. The van der Waals surface area contributed by atoms with Crippen molar-refractivity contribution in [2.45, 2.75) is 56.6 Å². The molecular formula is C12H21NO3. The average molecular weight is 227 g/mol. The highest BCUT2D eigenvalue weighted by atomic mass is 16.4. The molecule has 2 rings (SSSR count). The number of aliphatic carboxylic acids is 1. The van der Waals surface area contributed by atoms with Crippen molar-refractivity contribution in [1.82, 2.24) is 4.90 Å². The fourth-order valence-corrected chi connectivity index (χ4v) is 2.92. The molecule has 2 aliphatic rings. The van der Waals surface area contributed by atoms with E-state index in [-0.39, 0.29) is 0 Å². The Labute approximate surface area is 96.3 Å². The molecule has 0 amide bonds. The van der Waals surface area contributed by atoms with Crippen LogP contribution in [-0.2, 0) is 4.79 Å². The molecular weight excluding hydrogens is 206 g/mol. The summed E-state index contributed by atoms with van der Waals surface area (Å²) >= 11 is 0. The first kappa shape index (κ1) is 11.9. The number of aliphatic hydroxyl groups is 1. The summed E-state index contributed by atoms with van der Waals surface area (Å²) in [5, 5.41) is 18.8. The van der Waals surface area contributed by atoms with E-state index < -0.39 is 11.6 Å². The van der Waals surface area contributed by atoms with Crippen molar-refractivity contribution in [3.8, 4) is 0 Å². The number of hydrogen-bond acceptors (Lipinski definition) is 3. The molecule has 1 aliphatic carbocycles. The summed E-state index contributed by atoms with van der Waals surface area (Å²) in [6.07, 6.45) is 7.16. The van der Waals surface area contributed by atoms with Gasteiger partial charge in [0.1, 0.15) is 0 Å². The Morgan fingerprint density at radius 2 is 1.69 bits per heavy atom. The van der Waals surface area contributed by atoms with Crippen LogP contribution in [0.2, 0.25) is 0 Å². The Morgan fingerprint density at radius 3 is 2.19 bits per heavy atom. The van der Waals surface area contributed by atoms with Crippen LogP contribution in [0.4, 0.5) is 0 Å². The van der Waals surface area contributed by atoms with E-state index in [9.17, 15) is 9.90 Å². The summed E-state index contributed by atoms with van der Waals surface area (Å²) in [6, 6.07) is 0.632. The second kappa shape index (κ2) is 4.72. The van der Waals surface area contributed by atoms with E-state index in [4.69, 9.17) is 5.11 Å². The van der Waals surface area contributed by atoms with Crippen molar-refractivity contribution >= 4 is 5.97 Å². The molecule has 0 aromatic carbocycles. The molecule has 0 bridgehead atoms. The normalized spacial score (nSPS) is 27.8. The van der Waals surface area contributed by atoms with Gasteiger partial charge in [-0.25, -0.2) is 4.79 Å². The fraction of sp³-hybridized carbons (Fsp3) is 0.917. The van der Waals surface area contributed by atoms with Crippen LogP contribution in [0.15, 0.2) is 0 Å². The van der Waals surface area contributed by atoms with E-state index in [2.05, 4.69) is 4.90 Å². The standard InChI is InChI=1S/C12H21NO3/c14-11(15)12(16)6-8-13(9-7-12)10-4-2-1-3-5-10/h10,16H,1-9H2,(H,14,15). The number of carboxylic acid groups (broad SMARTS) is 1. The van der Waals surface area contributed by atoms with E-state index in [1.807, 2.05) is 0 Å². The monoisotopic (exact) mass is 227 g/mol. The summed E-state index contributed by atoms with van der Waals surface area (Å²) in [5.74, 6) is -1.06. The third-order valence-electron chi connectivity index (χ3n) is 4.11. The lowest BCUT2D eigenvalue weighted by molar-refractivity contribution is -0.164. The molecule has 0 radical (unpaired) electrons. The van der Waals surface area contributed by atoms with Gasteiger partial charge in [-0.15, -0.1) is 0 Å². The maximum atomic E-state index is 10.9. The summed E-state index contributed by atoms with van der Waals surface area (Å²) in [7, 11) is 0.